The fraction of sp³-hybridized carbons (Fsp3) is 0.400. The SMILES string of the molecule is CCCOc1ccc(OCCn2cnc3sc4c(c3c2=O)CCC4)cc1. The van der Waals surface area contributed by atoms with E-state index >= 15 is 0 Å². The van der Waals surface area contributed by atoms with Crippen molar-refractivity contribution in [3.05, 3.63) is 51.4 Å². The molecule has 0 N–H and O–H groups in total. The molecule has 1 aliphatic carbocycles. The van der Waals surface area contributed by atoms with Crippen molar-refractivity contribution in [3.8, 4) is 11.5 Å². The van der Waals surface area contributed by atoms with Crippen molar-refractivity contribution in [2.24, 2.45) is 0 Å². The molecule has 0 atom stereocenters. The highest BCUT2D eigenvalue weighted by molar-refractivity contribution is 7.18. The van der Waals surface area contributed by atoms with Gasteiger partial charge in [0.2, 0.25) is 0 Å². The van der Waals surface area contributed by atoms with Crippen LogP contribution in [0.2, 0.25) is 0 Å². The van der Waals surface area contributed by atoms with E-state index in [-0.39, 0.29) is 5.56 Å². The Bertz CT molecular complexity index is 960. The number of nitrogens with zero attached hydrogens (tertiary/aromatic N) is 2. The molecule has 5 nitrogen and oxygen atoms in total. The van der Waals surface area contributed by atoms with Crippen LogP contribution in [0.4, 0.5) is 0 Å². The van der Waals surface area contributed by atoms with Gasteiger partial charge in [0.25, 0.3) is 5.56 Å². The Morgan fingerprint density at radius 2 is 1.85 bits per heavy atom. The lowest BCUT2D eigenvalue weighted by molar-refractivity contribution is 0.293. The van der Waals surface area contributed by atoms with Crippen molar-refractivity contribution in [1.82, 2.24) is 9.55 Å². The minimum absolute atomic E-state index is 0.0568. The molecule has 26 heavy (non-hydrogen) atoms. The molecular formula is C20H22N2O3S. The van der Waals surface area contributed by atoms with Crippen LogP contribution in [-0.2, 0) is 19.4 Å². The largest absolute Gasteiger partial charge is 0.494 e. The molecule has 0 fully saturated rings. The van der Waals surface area contributed by atoms with Crippen LogP contribution >= 0.6 is 11.3 Å². The summed E-state index contributed by atoms with van der Waals surface area (Å²) in [7, 11) is 0. The Kier molecular flexibility index (Phi) is 4.93. The van der Waals surface area contributed by atoms with Crippen LogP contribution in [0.3, 0.4) is 0 Å². The number of hydrogen-bond donors (Lipinski definition) is 0. The quantitative estimate of drug-likeness (QED) is 0.634. The molecule has 0 radical (unpaired) electrons. The summed E-state index contributed by atoms with van der Waals surface area (Å²) in [6.07, 6.45) is 5.85. The molecule has 1 aliphatic rings. The summed E-state index contributed by atoms with van der Waals surface area (Å²) in [5.74, 6) is 1.61. The third kappa shape index (κ3) is 3.33. The van der Waals surface area contributed by atoms with Gasteiger partial charge in [-0.3, -0.25) is 9.36 Å². The molecule has 2 aromatic heterocycles. The van der Waals surface area contributed by atoms with Crippen LogP contribution in [-0.4, -0.2) is 22.8 Å². The summed E-state index contributed by atoms with van der Waals surface area (Å²) in [4.78, 5) is 19.5. The molecule has 0 bridgehead atoms. The molecule has 6 heteroatoms. The topological polar surface area (TPSA) is 53.4 Å². The van der Waals surface area contributed by atoms with Crippen molar-refractivity contribution in [3.63, 3.8) is 0 Å². The summed E-state index contributed by atoms with van der Waals surface area (Å²) in [6, 6.07) is 7.58. The molecule has 2 heterocycles. The lowest BCUT2D eigenvalue weighted by Crippen LogP contribution is -2.23. The van der Waals surface area contributed by atoms with Crippen molar-refractivity contribution in [1.29, 1.82) is 0 Å². The van der Waals surface area contributed by atoms with E-state index in [2.05, 4.69) is 11.9 Å². The number of thiophene rings is 1. The van der Waals surface area contributed by atoms with Gasteiger partial charge in [0.05, 0.1) is 24.9 Å². The second-order valence-electron chi connectivity index (χ2n) is 6.45. The predicted molar refractivity (Wildman–Crippen MR) is 104 cm³/mol. The fourth-order valence-corrected chi connectivity index (χ4v) is 4.51. The first-order chi connectivity index (χ1) is 12.8. The van der Waals surface area contributed by atoms with Gasteiger partial charge in [-0.1, -0.05) is 6.92 Å². The second-order valence-corrected chi connectivity index (χ2v) is 7.53. The van der Waals surface area contributed by atoms with E-state index in [9.17, 15) is 4.79 Å². The lowest BCUT2D eigenvalue weighted by atomic mass is 10.2. The lowest BCUT2D eigenvalue weighted by Gasteiger charge is -2.09. The molecule has 0 spiro atoms. The molecule has 4 rings (SSSR count). The van der Waals surface area contributed by atoms with Crippen molar-refractivity contribution < 1.29 is 9.47 Å². The highest BCUT2D eigenvalue weighted by atomic mass is 32.1. The zero-order valence-electron chi connectivity index (χ0n) is 14.9. The van der Waals surface area contributed by atoms with Gasteiger partial charge in [0.1, 0.15) is 22.9 Å². The van der Waals surface area contributed by atoms with E-state index in [0.717, 1.165) is 47.4 Å². The third-order valence-corrected chi connectivity index (χ3v) is 5.79. The van der Waals surface area contributed by atoms with E-state index in [0.29, 0.717) is 19.8 Å². The van der Waals surface area contributed by atoms with Gasteiger partial charge < -0.3 is 9.47 Å². The smallest absolute Gasteiger partial charge is 0.262 e. The number of aryl methyl sites for hydroxylation is 2. The Labute approximate surface area is 156 Å². The fourth-order valence-electron chi connectivity index (χ4n) is 3.29. The number of aromatic nitrogens is 2. The number of ether oxygens (including phenoxy) is 2. The van der Waals surface area contributed by atoms with E-state index in [1.165, 1.54) is 10.4 Å². The molecule has 0 amide bonds. The molecule has 0 saturated heterocycles. The normalized spacial score (nSPS) is 13.1. The highest BCUT2D eigenvalue weighted by Gasteiger charge is 2.21. The molecule has 136 valence electrons. The Balaban J connectivity index is 1.42. The Morgan fingerprint density at radius 1 is 1.12 bits per heavy atom. The molecule has 0 saturated carbocycles. The van der Waals surface area contributed by atoms with Crippen LogP contribution < -0.4 is 15.0 Å². The van der Waals surface area contributed by atoms with Crippen LogP contribution in [0.5, 0.6) is 11.5 Å². The van der Waals surface area contributed by atoms with Gasteiger partial charge in [-0.25, -0.2) is 4.98 Å². The number of benzene rings is 1. The van der Waals surface area contributed by atoms with Crippen molar-refractivity contribution in [2.75, 3.05) is 13.2 Å². The van der Waals surface area contributed by atoms with Crippen molar-refractivity contribution >= 4 is 21.6 Å². The summed E-state index contributed by atoms with van der Waals surface area (Å²) < 4.78 is 13.0. The van der Waals surface area contributed by atoms with Gasteiger partial charge >= 0.3 is 0 Å². The van der Waals surface area contributed by atoms with Gasteiger partial charge in [-0.05, 0) is 55.5 Å². The summed E-state index contributed by atoms with van der Waals surface area (Å²) in [6.45, 7) is 3.70. The van der Waals surface area contributed by atoms with E-state index in [1.807, 2.05) is 24.3 Å². The number of hydrogen-bond acceptors (Lipinski definition) is 5. The van der Waals surface area contributed by atoms with E-state index in [4.69, 9.17) is 9.47 Å². The summed E-state index contributed by atoms with van der Waals surface area (Å²) in [5.41, 5.74) is 1.28. The molecule has 0 unspecified atom stereocenters. The monoisotopic (exact) mass is 370 g/mol. The number of fused-ring (bicyclic) bond motifs is 3. The maximum Gasteiger partial charge on any atom is 0.262 e. The van der Waals surface area contributed by atoms with Gasteiger partial charge in [0, 0.05) is 4.88 Å². The van der Waals surface area contributed by atoms with Crippen LogP contribution in [0.25, 0.3) is 10.2 Å². The van der Waals surface area contributed by atoms with Crippen LogP contribution in [0.1, 0.15) is 30.2 Å². The standard InChI is InChI=1S/C20H22N2O3S/c1-2-11-24-14-6-8-15(9-7-14)25-12-10-22-13-21-19-18(20(22)23)16-4-3-5-17(16)26-19/h6-9,13H,2-5,10-12H2,1H3. The van der Waals surface area contributed by atoms with Crippen molar-refractivity contribution in [2.45, 2.75) is 39.2 Å². The summed E-state index contributed by atoms with van der Waals surface area (Å²) in [5, 5.41) is 0.822. The molecule has 1 aromatic carbocycles. The maximum absolute atomic E-state index is 12.8. The minimum atomic E-state index is 0.0568. The first-order valence-corrected chi connectivity index (χ1v) is 9.93. The average molecular weight is 370 g/mol. The highest BCUT2D eigenvalue weighted by Crippen LogP contribution is 2.34. The average Bonchev–Trinajstić information content (AvgIpc) is 3.24. The molecule has 3 aromatic rings. The van der Waals surface area contributed by atoms with E-state index < -0.39 is 0 Å². The zero-order valence-corrected chi connectivity index (χ0v) is 15.7. The van der Waals surface area contributed by atoms with Crippen LogP contribution in [0.15, 0.2) is 35.4 Å². The number of rotatable bonds is 7. The molecule has 0 aliphatic heterocycles. The first kappa shape index (κ1) is 17.1. The third-order valence-electron chi connectivity index (χ3n) is 4.59. The predicted octanol–water partition coefficient (Wildman–Crippen LogP) is 3.81. The van der Waals surface area contributed by atoms with Gasteiger partial charge in [-0.2, -0.15) is 0 Å². The first-order valence-electron chi connectivity index (χ1n) is 9.11. The van der Waals surface area contributed by atoms with E-state index in [1.54, 1.807) is 22.2 Å². The minimum Gasteiger partial charge on any atom is -0.494 e. The zero-order chi connectivity index (χ0) is 17.9. The maximum atomic E-state index is 12.8. The van der Waals surface area contributed by atoms with Gasteiger partial charge in [0.15, 0.2) is 0 Å². The van der Waals surface area contributed by atoms with Gasteiger partial charge in [-0.15, -0.1) is 11.3 Å². The second kappa shape index (κ2) is 7.50. The Morgan fingerprint density at radius 3 is 2.58 bits per heavy atom. The van der Waals surface area contributed by atoms with Crippen LogP contribution in [0, 0.1) is 0 Å². The Hall–Kier alpha value is -2.34. The molecular weight excluding hydrogens is 348 g/mol. The summed E-state index contributed by atoms with van der Waals surface area (Å²) >= 11 is 1.67.